The average molecular weight is 306 g/mol. The molecule has 0 aliphatic carbocycles. The second-order valence-corrected chi connectivity index (χ2v) is 5.42. The maximum absolute atomic E-state index is 13.1. The molecule has 1 aliphatic rings. The second kappa shape index (κ2) is 5.42. The molecule has 3 rings (SSSR count). The van der Waals surface area contributed by atoms with Crippen LogP contribution in [0, 0.1) is 5.82 Å². The number of H-pyrrole nitrogens is 1. The van der Waals surface area contributed by atoms with Gasteiger partial charge in [-0.3, -0.25) is 4.79 Å². The highest BCUT2D eigenvalue weighted by molar-refractivity contribution is 5.92. The van der Waals surface area contributed by atoms with Gasteiger partial charge in [0.15, 0.2) is 5.54 Å². The van der Waals surface area contributed by atoms with Gasteiger partial charge in [0.05, 0.1) is 13.0 Å². The number of fused-ring (bicyclic) bond motifs is 1. The predicted molar refractivity (Wildman–Crippen MR) is 75.9 cm³/mol. The van der Waals surface area contributed by atoms with Crippen LogP contribution in [-0.4, -0.2) is 40.7 Å². The van der Waals surface area contributed by atoms with Gasteiger partial charge < -0.3 is 20.1 Å². The second-order valence-electron chi connectivity index (χ2n) is 5.42. The summed E-state index contributed by atoms with van der Waals surface area (Å²) >= 11 is 0. The Morgan fingerprint density at radius 1 is 1.45 bits per heavy atom. The number of benzene rings is 1. The summed E-state index contributed by atoms with van der Waals surface area (Å²) in [7, 11) is 0. The van der Waals surface area contributed by atoms with Crippen molar-refractivity contribution in [3.63, 3.8) is 0 Å². The number of ether oxygens (including phenoxy) is 1. The molecule has 3 N–H and O–H groups in total. The zero-order chi connectivity index (χ0) is 15.7. The van der Waals surface area contributed by atoms with E-state index < -0.39 is 17.4 Å². The van der Waals surface area contributed by atoms with Crippen molar-refractivity contribution in [3.05, 3.63) is 35.8 Å². The molecular weight excluding hydrogens is 291 g/mol. The van der Waals surface area contributed by atoms with Gasteiger partial charge in [0.2, 0.25) is 5.91 Å². The molecule has 0 bridgehead atoms. The number of hydrogen-bond donors (Lipinski definition) is 3. The molecule has 0 saturated carbocycles. The fraction of sp³-hybridized carbons (Fsp3) is 0.333. The van der Waals surface area contributed by atoms with Crippen molar-refractivity contribution in [2.75, 3.05) is 13.2 Å². The molecule has 116 valence electrons. The Kier molecular flexibility index (Phi) is 3.58. The fourth-order valence-electron chi connectivity index (χ4n) is 2.67. The minimum Gasteiger partial charge on any atom is -0.479 e. The van der Waals surface area contributed by atoms with E-state index in [2.05, 4.69) is 10.3 Å². The number of aliphatic carboxylic acids is 1. The van der Waals surface area contributed by atoms with Gasteiger partial charge in [0.1, 0.15) is 5.82 Å². The summed E-state index contributed by atoms with van der Waals surface area (Å²) < 4.78 is 18.2. The first kappa shape index (κ1) is 14.5. The summed E-state index contributed by atoms with van der Waals surface area (Å²) in [6.07, 6.45) is 1.89. The van der Waals surface area contributed by atoms with Gasteiger partial charge in [-0.1, -0.05) is 0 Å². The topological polar surface area (TPSA) is 91.4 Å². The lowest BCUT2D eigenvalue weighted by Gasteiger charge is -2.23. The molecule has 6 nitrogen and oxygen atoms in total. The molecule has 1 unspecified atom stereocenters. The van der Waals surface area contributed by atoms with Gasteiger partial charge in [0.25, 0.3) is 0 Å². The highest BCUT2D eigenvalue weighted by Crippen LogP contribution is 2.22. The molecule has 1 saturated heterocycles. The molecule has 1 fully saturated rings. The maximum Gasteiger partial charge on any atom is 0.331 e. The number of aromatic nitrogens is 1. The molecule has 0 radical (unpaired) electrons. The molecule has 1 aliphatic heterocycles. The summed E-state index contributed by atoms with van der Waals surface area (Å²) in [6, 6.07) is 4.26. The van der Waals surface area contributed by atoms with Gasteiger partial charge in [-0.05, 0) is 23.8 Å². The van der Waals surface area contributed by atoms with Crippen LogP contribution in [0.1, 0.15) is 12.0 Å². The van der Waals surface area contributed by atoms with E-state index in [1.807, 2.05) is 0 Å². The average Bonchev–Trinajstić information content (AvgIpc) is 3.07. The summed E-state index contributed by atoms with van der Waals surface area (Å²) in [5.74, 6) is -1.87. The summed E-state index contributed by atoms with van der Waals surface area (Å²) in [6.45, 7) is 0.270. The Labute approximate surface area is 125 Å². The lowest BCUT2D eigenvalue weighted by molar-refractivity contribution is -0.147. The Bertz CT molecular complexity index is 734. The Hall–Kier alpha value is -2.41. The zero-order valence-corrected chi connectivity index (χ0v) is 11.7. The first-order valence-corrected chi connectivity index (χ1v) is 6.88. The Morgan fingerprint density at radius 3 is 2.95 bits per heavy atom. The van der Waals surface area contributed by atoms with Crippen LogP contribution < -0.4 is 5.32 Å². The third-order valence-corrected chi connectivity index (χ3v) is 3.89. The van der Waals surface area contributed by atoms with Gasteiger partial charge in [-0.2, -0.15) is 0 Å². The fourth-order valence-corrected chi connectivity index (χ4v) is 2.67. The highest BCUT2D eigenvalue weighted by atomic mass is 19.1. The van der Waals surface area contributed by atoms with Crippen LogP contribution in [-0.2, 0) is 20.7 Å². The van der Waals surface area contributed by atoms with Crippen molar-refractivity contribution in [1.82, 2.24) is 10.3 Å². The van der Waals surface area contributed by atoms with Crippen LogP contribution in [0.25, 0.3) is 10.9 Å². The molecule has 22 heavy (non-hydrogen) atoms. The van der Waals surface area contributed by atoms with E-state index in [-0.39, 0.29) is 25.3 Å². The first-order valence-electron chi connectivity index (χ1n) is 6.88. The predicted octanol–water partition coefficient (Wildman–Crippen LogP) is 1.21. The SMILES string of the molecule is O=C(Cc1c[nH]c2cc(F)ccc12)NC1(C(=O)O)CCOC1. The molecule has 2 heterocycles. The van der Waals surface area contributed by atoms with Gasteiger partial charge >= 0.3 is 5.97 Å². The number of nitrogens with one attached hydrogen (secondary N) is 2. The van der Waals surface area contributed by atoms with Crippen molar-refractivity contribution < 1.29 is 23.8 Å². The standard InChI is InChI=1S/C15H15FN2O4/c16-10-1-2-11-9(7-17-12(11)6-10)5-13(19)18-15(14(20)21)3-4-22-8-15/h1-2,6-7,17H,3-5,8H2,(H,18,19)(H,20,21). The van der Waals surface area contributed by atoms with Crippen molar-refractivity contribution in [3.8, 4) is 0 Å². The molecule has 1 aromatic heterocycles. The molecule has 0 spiro atoms. The largest absolute Gasteiger partial charge is 0.479 e. The highest BCUT2D eigenvalue weighted by Gasteiger charge is 2.43. The van der Waals surface area contributed by atoms with Crippen LogP contribution in [0.15, 0.2) is 24.4 Å². The molecular formula is C15H15FN2O4. The smallest absolute Gasteiger partial charge is 0.331 e. The number of carbonyl (C=O) groups excluding carboxylic acids is 1. The number of carboxylic acids is 1. The van der Waals surface area contributed by atoms with Crippen molar-refractivity contribution in [2.45, 2.75) is 18.4 Å². The van der Waals surface area contributed by atoms with Crippen LogP contribution in [0.4, 0.5) is 4.39 Å². The van der Waals surface area contributed by atoms with Crippen molar-refractivity contribution >= 4 is 22.8 Å². The maximum atomic E-state index is 13.1. The van der Waals surface area contributed by atoms with E-state index in [1.54, 1.807) is 12.3 Å². The molecule has 7 heteroatoms. The Balaban J connectivity index is 1.77. The molecule has 1 atom stereocenters. The van der Waals surface area contributed by atoms with E-state index in [1.165, 1.54) is 12.1 Å². The minimum absolute atomic E-state index is 0.0145. The van der Waals surface area contributed by atoms with Crippen LogP contribution >= 0.6 is 0 Å². The van der Waals surface area contributed by atoms with Gasteiger partial charge in [-0.15, -0.1) is 0 Å². The lowest BCUT2D eigenvalue weighted by Crippen LogP contribution is -2.55. The number of aromatic amines is 1. The molecule has 1 amide bonds. The van der Waals surface area contributed by atoms with Gasteiger partial charge in [0, 0.05) is 30.1 Å². The summed E-state index contributed by atoms with van der Waals surface area (Å²) in [5, 5.41) is 12.6. The third kappa shape index (κ3) is 2.55. The Morgan fingerprint density at radius 2 is 2.27 bits per heavy atom. The van der Waals surface area contributed by atoms with Crippen LogP contribution in [0.3, 0.4) is 0 Å². The van der Waals surface area contributed by atoms with Crippen molar-refractivity contribution in [1.29, 1.82) is 0 Å². The molecule has 2 aromatic rings. The van der Waals surface area contributed by atoms with E-state index in [0.29, 0.717) is 17.7 Å². The third-order valence-electron chi connectivity index (χ3n) is 3.89. The normalized spacial score (nSPS) is 21.1. The first-order chi connectivity index (χ1) is 10.5. The number of carboxylic acid groups (broad SMARTS) is 1. The quantitative estimate of drug-likeness (QED) is 0.792. The van der Waals surface area contributed by atoms with Crippen molar-refractivity contribution in [2.24, 2.45) is 0 Å². The van der Waals surface area contributed by atoms with E-state index in [0.717, 1.165) is 5.39 Å². The number of hydrogen-bond acceptors (Lipinski definition) is 3. The number of carbonyl (C=O) groups is 2. The number of halogens is 1. The summed E-state index contributed by atoms with van der Waals surface area (Å²) in [4.78, 5) is 26.4. The zero-order valence-electron chi connectivity index (χ0n) is 11.7. The monoisotopic (exact) mass is 306 g/mol. The van der Waals surface area contributed by atoms with E-state index in [9.17, 15) is 19.1 Å². The summed E-state index contributed by atoms with van der Waals surface area (Å²) in [5.41, 5.74) is -0.0677. The van der Waals surface area contributed by atoms with Crippen LogP contribution in [0.5, 0.6) is 0 Å². The van der Waals surface area contributed by atoms with E-state index in [4.69, 9.17) is 4.74 Å². The lowest BCUT2D eigenvalue weighted by atomic mass is 9.98. The minimum atomic E-state index is -1.35. The number of rotatable bonds is 4. The van der Waals surface area contributed by atoms with Gasteiger partial charge in [-0.25, -0.2) is 9.18 Å². The molecule has 1 aromatic carbocycles. The van der Waals surface area contributed by atoms with Crippen LogP contribution in [0.2, 0.25) is 0 Å². The number of amides is 1. The van der Waals surface area contributed by atoms with E-state index >= 15 is 0 Å².